The van der Waals surface area contributed by atoms with E-state index in [0.29, 0.717) is 0 Å². The highest BCUT2D eigenvalue weighted by atomic mass is 16.2. The van der Waals surface area contributed by atoms with Gasteiger partial charge in [-0.25, -0.2) is 9.36 Å². The fraction of sp³-hybridized carbons (Fsp3) is 0.303. The number of anilines is 1. The van der Waals surface area contributed by atoms with Crippen molar-refractivity contribution in [3.8, 4) is 5.69 Å². The number of carbonyl (C=O) groups is 1. The summed E-state index contributed by atoms with van der Waals surface area (Å²) in [5.41, 5.74) is 14.6. The minimum absolute atomic E-state index is 0.0442. The number of nitrogens with zero attached hydrogens (tertiary/aromatic N) is 4. The molecule has 0 unspecified atom stereocenters. The smallest absolute Gasteiger partial charge is 0.336 e. The van der Waals surface area contributed by atoms with Gasteiger partial charge >= 0.3 is 5.69 Å². The van der Waals surface area contributed by atoms with E-state index < -0.39 is 17.2 Å². The molecule has 9 heteroatoms. The van der Waals surface area contributed by atoms with Crippen molar-refractivity contribution in [3.05, 3.63) is 128 Å². The molecule has 1 aromatic heterocycles. The molecule has 0 bridgehead atoms. The normalized spacial score (nSPS) is 14.3. The fourth-order valence-electron chi connectivity index (χ4n) is 5.81. The van der Waals surface area contributed by atoms with Crippen LogP contribution in [0.25, 0.3) is 5.69 Å². The lowest BCUT2D eigenvalue weighted by Crippen LogP contribution is -2.48. The Bertz CT molecular complexity index is 1600. The maximum atomic E-state index is 12.7. The predicted octanol–water partition coefficient (Wildman–Crippen LogP) is 2.95. The molecule has 42 heavy (non-hydrogen) atoms. The van der Waals surface area contributed by atoms with Crippen molar-refractivity contribution in [2.24, 2.45) is 12.8 Å². The molecule has 4 N–H and O–H groups in total. The van der Waals surface area contributed by atoms with Gasteiger partial charge in [0.1, 0.15) is 5.82 Å². The third-order valence-electron chi connectivity index (χ3n) is 8.10. The molecule has 1 saturated heterocycles. The van der Waals surface area contributed by atoms with E-state index in [2.05, 4.69) is 70.5 Å². The number of primary amides is 1. The SMILES string of the molecule is Cn1c(=O)cc(N)n(-c2ccc(CCCCN3CCN(C(c4ccccc4)c4ccccc4)CC3)cc2C(N)=O)c1=O. The van der Waals surface area contributed by atoms with E-state index in [1.807, 2.05) is 6.07 Å². The number of nitrogens with two attached hydrogens (primary N) is 2. The van der Waals surface area contributed by atoms with Crippen molar-refractivity contribution < 1.29 is 4.79 Å². The van der Waals surface area contributed by atoms with Gasteiger partial charge in [0, 0.05) is 39.3 Å². The highest BCUT2D eigenvalue weighted by Crippen LogP contribution is 2.29. The monoisotopic (exact) mass is 566 g/mol. The van der Waals surface area contributed by atoms with E-state index in [9.17, 15) is 14.4 Å². The summed E-state index contributed by atoms with van der Waals surface area (Å²) in [6.45, 7) is 5.07. The summed E-state index contributed by atoms with van der Waals surface area (Å²) in [5, 5.41) is 0. The van der Waals surface area contributed by atoms with Crippen molar-refractivity contribution in [1.29, 1.82) is 0 Å². The van der Waals surface area contributed by atoms with Crippen LogP contribution in [0.15, 0.2) is 94.5 Å². The Balaban J connectivity index is 1.18. The number of unbranched alkanes of at least 4 members (excludes halogenated alkanes) is 1. The first kappa shape index (κ1) is 29.0. The second kappa shape index (κ2) is 13.0. The van der Waals surface area contributed by atoms with Crippen molar-refractivity contribution >= 4 is 11.7 Å². The summed E-state index contributed by atoms with van der Waals surface area (Å²) in [5.74, 6) is -0.702. The van der Waals surface area contributed by atoms with E-state index in [1.165, 1.54) is 18.2 Å². The van der Waals surface area contributed by atoms with Crippen LogP contribution in [-0.2, 0) is 13.5 Å². The Morgan fingerprint density at radius 3 is 2.05 bits per heavy atom. The molecule has 1 aliphatic heterocycles. The summed E-state index contributed by atoms with van der Waals surface area (Å²) in [4.78, 5) is 42.0. The average molecular weight is 567 g/mol. The number of piperazine rings is 1. The Morgan fingerprint density at radius 1 is 0.833 bits per heavy atom. The van der Waals surface area contributed by atoms with E-state index in [0.717, 1.165) is 72.8 Å². The van der Waals surface area contributed by atoms with Gasteiger partial charge in [-0.05, 0) is 54.6 Å². The van der Waals surface area contributed by atoms with E-state index in [-0.39, 0.29) is 23.1 Å². The van der Waals surface area contributed by atoms with Gasteiger partial charge in [-0.2, -0.15) is 0 Å². The molecule has 1 aliphatic rings. The van der Waals surface area contributed by atoms with E-state index in [4.69, 9.17) is 11.5 Å². The summed E-state index contributed by atoms with van der Waals surface area (Å²) >= 11 is 0. The van der Waals surface area contributed by atoms with Crippen molar-refractivity contribution in [2.75, 3.05) is 38.5 Å². The molecule has 2 heterocycles. The van der Waals surface area contributed by atoms with Crippen LogP contribution in [0.2, 0.25) is 0 Å². The number of hydrogen-bond acceptors (Lipinski definition) is 6. The van der Waals surface area contributed by atoms with Crippen LogP contribution in [0.3, 0.4) is 0 Å². The number of carbonyl (C=O) groups excluding carboxylic acids is 1. The second-order valence-electron chi connectivity index (χ2n) is 10.9. The predicted molar refractivity (Wildman–Crippen MR) is 166 cm³/mol. The molecule has 1 amide bonds. The number of rotatable bonds is 10. The van der Waals surface area contributed by atoms with Gasteiger partial charge in [-0.1, -0.05) is 66.7 Å². The first-order valence-electron chi connectivity index (χ1n) is 14.4. The highest BCUT2D eigenvalue weighted by Gasteiger charge is 2.26. The fourth-order valence-corrected chi connectivity index (χ4v) is 5.81. The lowest BCUT2D eigenvalue weighted by atomic mass is 9.96. The van der Waals surface area contributed by atoms with Crippen LogP contribution in [0.5, 0.6) is 0 Å². The first-order valence-corrected chi connectivity index (χ1v) is 14.4. The lowest BCUT2D eigenvalue weighted by molar-refractivity contribution is 0.1000. The Labute approximate surface area is 245 Å². The quantitative estimate of drug-likeness (QED) is 0.285. The van der Waals surface area contributed by atoms with Crippen LogP contribution in [-0.4, -0.2) is 57.6 Å². The molecule has 0 radical (unpaired) electrons. The zero-order valence-corrected chi connectivity index (χ0v) is 24.0. The summed E-state index contributed by atoms with van der Waals surface area (Å²) in [6.07, 6.45) is 2.76. The summed E-state index contributed by atoms with van der Waals surface area (Å²) < 4.78 is 2.09. The summed E-state index contributed by atoms with van der Waals surface area (Å²) in [7, 11) is 1.36. The summed E-state index contributed by atoms with van der Waals surface area (Å²) in [6, 6.07) is 28.1. The van der Waals surface area contributed by atoms with Gasteiger partial charge in [0.15, 0.2) is 0 Å². The van der Waals surface area contributed by atoms with Gasteiger partial charge in [-0.15, -0.1) is 0 Å². The van der Waals surface area contributed by atoms with Crippen LogP contribution >= 0.6 is 0 Å². The maximum absolute atomic E-state index is 12.7. The molecule has 4 aromatic rings. The Morgan fingerprint density at radius 2 is 1.45 bits per heavy atom. The number of hydrogen-bond donors (Lipinski definition) is 2. The molecule has 0 saturated carbocycles. The second-order valence-corrected chi connectivity index (χ2v) is 10.9. The molecule has 0 aliphatic carbocycles. The number of amides is 1. The standard InChI is InChI=1S/C33H38N6O3/c1-36-30(40)23-29(34)39(33(36)42)28-16-15-24(22-27(28)32(35)41)10-8-9-17-37-18-20-38(21-19-37)31(25-11-4-2-5-12-25)26-13-6-3-7-14-26/h2-7,11-16,22-23,31H,8-10,17-21,34H2,1H3,(H2,35,41). The first-order chi connectivity index (χ1) is 20.3. The van der Waals surface area contributed by atoms with Gasteiger partial charge in [0.05, 0.1) is 17.3 Å². The number of benzene rings is 3. The Hall–Kier alpha value is -4.47. The molecular formula is C33H38N6O3. The molecular weight excluding hydrogens is 528 g/mol. The number of nitrogen functional groups attached to an aromatic ring is 1. The van der Waals surface area contributed by atoms with Crippen molar-refractivity contribution in [2.45, 2.75) is 25.3 Å². The average Bonchev–Trinajstić information content (AvgIpc) is 3.00. The van der Waals surface area contributed by atoms with Crippen LogP contribution in [0.4, 0.5) is 5.82 Å². The minimum atomic E-state index is -0.658. The lowest BCUT2D eigenvalue weighted by Gasteiger charge is -2.40. The maximum Gasteiger partial charge on any atom is 0.336 e. The highest BCUT2D eigenvalue weighted by molar-refractivity contribution is 5.97. The molecule has 9 nitrogen and oxygen atoms in total. The molecule has 218 valence electrons. The minimum Gasteiger partial charge on any atom is -0.385 e. The van der Waals surface area contributed by atoms with E-state index in [1.54, 1.807) is 12.1 Å². The molecule has 0 atom stereocenters. The third-order valence-corrected chi connectivity index (χ3v) is 8.10. The topological polar surface area (TPSA) is 120 Å². The van der Waals surface area contributed by atoms with Gasteiger partial charge in [0.2, 0.25) is 0 Å². The van der Waals surface area contributed by atoms with Crippen LogP contribution in [0.1, 0.15) is 45.9 Å². The van der Waals surface area contributed by atoms with E-state index >= 15 is 0 Å². The Kier molecular flexibility index (Phi) is 9.00. The molecule has 3 aromatic carbocycles. The zero-order valence-electron chi connectivity index (χ0n) is 24.0. The van der Waals surface area contributed by atoms with Crippen molar-refractivity contribution in [1.82, 2.24) is 18.9 Å². The van der Waals surface area contributed by atoms with Crippen LogP contribution < -0.4 is 22.7 Å². The molecule has 1 fully saturated rings. The molecule has 5 rings (SSSR count). The largest absolute Gasteiger partial charge is 0.385 e. The van der Waals surface area contributed by atoms with Crippen molar-refractivity contribution in [3.63, 3.8) is 0 Å². The van der Waals surface area contributed by atoms with Crippen LogP contribution in [0, 0.1) is 0 Å². The van der Waals surface area contributed by atoms with Gasteiger partial charge in [0.25, 0.3) is 11.5 Å². The number of aryl methyl sites for hydroxylation is 1. The van der Waals surface area contributed by atoms with Gasteiger partial charge in [-0.3, -0.25) is 19.1 Å². The third kappa shape index (κ3) is 6.37. The zero-order chi connectivity index (χ0) is 29.6. The van der Waals surface area contributed by atoms with Gasteiger partial charge < -0.3 is 16.4 Å². The number of aromatic nitrogens is 2. The molecule has 0 spiro atoms.